The molecule has 2 aromatic heterocycles. The van der Waals surface area contributed by atoms with Crippen molar-refractivity contribution in [1.82, 2.24) is 20.2 Å². The van der Waals surface area contributed by atoms with Crippen LogP contribution in [0, 0.1) is 5.82 Å². The summed E-state index contributed by atoms with van der Waals surface area (Å²) in [6, 6.07) is 9.42. The summed E-state index contributed by atoms with van der Waals surface area (Å²) in [5.41, 5.74) is 0.279. The molecule has 3 fully saturated rings. The molecule has 2 N–H and O–H groups in total. The van der Waals surface area contributed by atoms with Crippen LogP contribution >= 0.6 is 11.6 Å². The van der Waals surface area contributed by atoms with E-state index < -0.39 is 5.82 Å². The van der Waals surface area contributed by atoms with Crippen molar-refractivity contribution in [3.05, 3.63) is 59.6 Å². The van der Waals surface area contributed by atoms with Gasteiger partial charge in [0.05, 0.1) is 10.5 Å². The lowest BCUT2D eigenvalue weighted by Crippen LogP contribution is -2.84. The summed E-state index contributed by atoms with van der Waals surface area (Å²) in [7, 11) is 0. The first kappa shape index (κ1) is 20.6. The first-order valence-electron chi connectivity index (χ1n) is 10.1. The molecule has 3 aromatic rings. The van der Waals surface area contributed by atoms with Gasteiger partial charge in [-0.1, -0.05) is 11.6 Å². The molecule has 0 unspecified atom stereocenters. The summed E-state index contributed by atoms with van der Waals surface area (Å²) in [5.74, 6) is -0.274. The van der Waals surface area contributed by atoms with E-state index in [1.807, 2.05) is 12.1 Å². The number of nitrogens with one attached hydrogen (secondary N) is 2. The van der Waals surface area contributed by atoms with Crippen LogP contribution in [0.5, 0.6) is 11.5 Å². The van der Waals surface area contributed by atoms with Crippen LogP contribution in [0.25, 0.3) is 5.52 Å². The van der Waals surface area contributed by atoms with E-state index in [0.29, 0.717) is 25.0 Å². The van der Waals surface area contributed by atoms with Gasteiger partial charge in [-0.15, -0.1) is 0 Å². The van der Waals surface area contributed by atoms with Gasteiger partial charge in [0, 0.05) is 35.6 Å². The smallest absolute Gasteiger partial charge is 0.258 e. The van der Waals surface area contributed by atoms with E-state index in [9.17, 15) is 14.0 Å². The number of ether oxygens (including phenoxy) is 2. The van der Waals surface area contributed by atoms with Gasteiger partial charge in [0.2, 0.25) is 0 Å². The second kappa shape index (κ2) is 7.67. The van der Waals surface area contributed by atoms with Crippen molar-refractivity contribution in [3.63, 3.8) is 0 Å². The predicted octanol–water partition coefficient (Wildman–Crippen LogP) is 2.49. The molecule has 8 nitrogen and oxygen atoms in total. The van der Waals surface area contributed by atoms with Crippen molar-refractivity contribution in [3.8, 4) is 11.5 Å². The summed E-state index contributed by atoms with van der Waals surface area (Å²) < 4.78 is 26.0. The number of carbonyl (C=O) groups is 2. The van der Waals surface area contributed by atoms with Gasteiger partial charge in [-0.2, -0.15) is 5.10 Å². The average Bonchev–Trinajstić information content (AvgIpc) is 3.18. The zero-order valence-electron chi connectivity index (χ0n) is 16.9. The van der Waals surface area contributed by atoms with Gasteiger partial charge in [0.25, 0.3) is 11.8 Å². The number of fused-ring (bicyclic) bond motifs is 1. The SMILES string of the molecule is O=C(COc1ccc(Cl)c(F)c1)NC12CC(NC(=O)COc3ccn4nccc4c3)(C1)C2. The third kappa shape index (κ3) is 3.95. The second-order valence-corrected chi connectivity index (χ2v) is 8.81. The second-order valence-electron chi connectivity index (χ2n) is 8.40. The molecule has 32 heavy (non-hydrogen) atoms. The number of pyridine rings is 1. The maximum atomic E-state index is 13.4. The van der Waals surface area contributed by atoms with Crippen LogP contribution in [0.3, 0.4) is 0 Å². The average molecular weight is 459 g/mol. The van der Waals surface area contributed by atoms with E-state index in [4.69, 9.17) is 21.1 Å². The van der Waals surface area contributed by atoms with Crippen molar-refractivity contribution in [2.45, 2.75) is 30.3 Å². The minimum atomic E-state index is -0.604. The lowest BCUT2D eigenvalue weighted by molar-refractivity contribution is -0.151. The lowest BCUT2D eigenvalue weighted by atomic mass is 9.44. The highest BCUT2D eigenvalue weighted by molar-refractivity contribution is 6.30. The Morgan fingerprint density at radius 3 is 2.25 bits per heavy atom. The minimum Gasteiger partial charge on any atom is -0.484 e. The zero-order chi connectivity index (χ0) is 22.3. The van der Waals surface area contributed by atoms with Crippen LogP contribution in [0.1, 0.15) is 19.3 Å². The fraction of sp³-hybridized carbons (Fsp3) is 0.318. The highest BCUT2D eigenvalue weighted by Crippen LogP contribution is 2.60. The van der Waals surface area contributed by atoms with Crippen molar-refractivity contribution < 1.29 is 23.5 Å². The summed E-state index contributed by atoms with van der Waals surface area (Å²) in [5, 5.41) is 10.1. The molecule has 0 spiro atoms. The minimum absolute atomic E-state index is 0.00667. The van der Waals surface area contributed by atoms with Crippen LogP contribution in [-0.4, -0.2) is 45.7 Å². The normalized spacial score (nSPS) is 23.1. The summed E-state index contributed by atoms with van der Waals surface area (Å²) in [6.45, 7) is -0.311. The zero-order valence-corrected chi connectivity index (χ0v) is 17.7. The van der Waals surface area contributed by atoms with Crippen molar-refractivity contribution in [1.29, 1.82) is 0 Å². The van der Waals surface area contributed by atoms with E-state index >= 15 is 0 Å². The quantitative estimate of drug-likeness (QED) is 0.541. The van der Waals surface area contributed by atoms with Crippen molar-refractivity contribution >= 4 is 28.9 Å². The highest BCUT2D eigenvalue weighted by Gasteiger charge is 2.69. The Morgan fingerprint density at radius 1 is 1.00 bits per heavy atom. The first-order valence-corrected chi connectivity index (χ1v) is 10.5. The monoisotopic (exact) mass is 458 g/mol. The molecule has 2 heterocycles. The largest absolute Gasteiger partial charge is 0.484 e. The molecule has 10 heteroatoms. The van der Waals surface area contributed by atoms with E-state index in [2.05, 4.69) is 15.7 Å². The Bertz CT molecular complexity index is 1190. The number of carbonyl (C=O) groups excluding carboxylic acids is 2. The van der Waals surface area contributed by atoms with E-state index in [1.165, 1.54) is 12.1 Å². The molecule has 6 rings (SSSR count). The Morgan fingerprint density at radius 2 is 1.62 bits per heavy atom. The summed E-state index contributed by atoms with van der Waals surface area (Å²) >= 11 is 5.63. The fourth-order valence-corrected chi connectivity index (χ4v) is 4.69. The Hall–Kier alpha value is -3.33. The number of nitrogens with zero attached hydrogens (tertiary/aromatic N) is 2. The number of hydrogen-bond acceptors (Lipinski definition) is 5. The molecule has 0 radical (unpaired) electrons. The van der Waals surface area contributed by atoms with Gasteiger partial charge < -0.3 is 20.1 Å². The first-order chi connectivity index (χ1) is 15.3. The molecule has 2 amide bonds. The molecule has 1 aromatic carbocycles. The van der Waals surface area contributed by atoms with Gasteiger partial charge in [-0.05, 0) is 43.5 Å². The van der Waals surface area contributed by atoms with Gasteiger partial charge >= 0.3 is 0 Å². The number of halogens is 2. The molecule has 3 aliphatic carbocycles. The Labute approximate surface area is 187 Å². The van der Waals surface area contributed by atoms with Crippen LogP contribution in [0.4, 0.5) is 4.39 Å². The maximum absolute atomic E-state index is 13.4. The van der Waals surface area contributed by atoms with E-state index in [0.717, 1.165) is 11.6 Å². The topological polar surface area (TPSA) is 94.0 Å². The third-order valence-electron chi connectivity index (χ3n) is 5.84. The molecule has 0 atom stereocenters. The third-order valence-corrected chi connectivity index (χ3v) is 6.15. The number of amides is 2. The summed E-state index contributed by atoms with van der Waals surface area (Å²) in [6.07, 6.45) is 5.44. The molecular formula is C22H20ClFN4O4. The molecule has 0 saturated heterocycles. The van der Waals surface area contributed by atoms with E-state index in [1.54, 1.807) is 23.0 Å². The van der Waals surface area contributed by atoms with Crippen LogP contribution in [-0.2, 0) is 9.59 Å². The van der Waals surface area contributed by atoms with Crippen molar-refractivity contribution in [2.75, 3.05) is 13.2 Å². The molecule has 0 aliphatic heterocycles. The van der Waals surface area contributed by atoms with Gasteiger partial charge in [-0.3, -0.25) is 9.59 Å². The van der Waals surface area contributed by atoms with Crippen LogP contribution < -0.4 is 20.1 Å². The number of hydrogen-bond donors (Lipinski definition) is 2. The number of benzene rings is 1. The molecule has 166 valence electrons. The molecule has 2 bridgehead atoms. The standard InChI is InChI=1S/C22H20ClFN4O4/c23-17-2-1-15(8-18(17)24)31-9-19(29)26-21-11-22(12-21,13-21)27-20(30)10-32-16-4-6-28-14(7-16)3-5-25-28/h1-8H,9-13H2,(H,26,29)(H,27,30). The maximum Gasteiger partial charge on any atom is 0.258 e. The fourth-order valence-electron chi connectivity index (χ4n) is 4.57. The Balaban J connectivity index is 1.04. The molecule has 3 aliphatic rings. The Kier molecular flexibility index (Phi) is 4.93. The van der Waals surface area contributed by atoms with Crippen LogP contribution in [0.15, 0.2) is 48.8 Å². The van der Waals surface area contributed by atoms with Crippen LogP contribution in [0.2, 0.25) is 5.02 Å². The summed E-state index contributed by atoms with van der Waals surface area (Å²) in [4.78, 5) is 24.5. The molecular weight excluding hydrogens is 439 g/mol. The van der Waals surface area contributed by atoms with Crippen molar-refractivity contribution in [2.24, 2.45) is 0 Å². The van der Waals surface area contributed by atoms with Gasteiger partial charge in [0.15, 0.2) is 13.2 Å². The molecule has 3 saturated carbocycles. The lowest BCUT2D eigenvalue weighted by Gasteiger charge is -2.70. The number of rotatable bonds is 8. The predicted molar refractivity (Wildman–Crippen MR) is 113 cm³/mol. The van der Waals surface area contributed by atoms with E-state index in [-0.39, 0.29) is 46.9 Å². The van der Waals surface area contributed by atoms with Gasteiger partial charge in [0.1, 0.15) is 17.3 Å². The highest BCUT2D eigenvalue weighted by atomic mass is 35.5. The number of aromatic nitrogens is 2. The van der Waals surface area contributed by atoms with Gasteiger partial charge in [-0.25, -0.2) is 8.91 Å².